The molecule has 0 radical (unpaired) electrons. The van der Waals surface area contributed by atoms with Gasteiger partial charge in [-0.25, -0.2) is 0 Å². The zero-order valence-corrected chi connectivity index (χ0v) is 11.8. The van der Waals surface area contributed by atoms with Gasteiger partial charge in [0.2, 0.25) is 16.3 Å². The average Bonchev–Trinajstić information content (AvgIpc) is 2.86. The van der Waals surface area contributed by atoms with Crippen LogP contribution in [0.2, 0.25) is 0 Å². The summed E-state index contributed by atoms with van der Waals surface area (Å²) in [7, 11) is 1.35. The van der Waals surface area contributed by atoms with Gasteiger partial charge in [-0.1, -0.05) is 18.3 Å². The van der Waals surface area contributed by atoms with Crippen LogP contribution in [0, 0.1) is 0 Å². The van der Waals surface area contributed by atoms with Crippen molar-refractivity contribution in [3.8, 4) is 5.75 Å². The van der Waals surface area contributed by atoms with Crippen LogP contribution in [0.4, 0.5) is 5.13 Å². The van der Waals surface area contributed by atoms with Crippen molar-refractivity contribution < 1.29 is 13.9 Å². The number of carbonyl (C=O) groups is 1. The van der Waals surface area contributed by atoms with Crippen molar-refractivity contribution >= 4 is 22.4 Å². The lowest BCUT2D eigenvalue weighted by Gasteiger charge is -2.01. The van der Waals surface area contributed by atoms with E-state index >= 15 is 0 Å². The molecule has 0 aliphatic rings. The fraction of sp³-hybridized carbons (Fsp3) is 0.333. The Bertz CT molecular complexity index is 665. The van der Waals surface area contributed by atoms with Gasteiger partial charge >= 0.3 is 0 Å². The third-order valence-electron chi connectivity index (χ3n) is 2.39. The summed E-state index contributed by atoms with van der Waals surface area (Å²) in [6, 6.07) is 1.07. The summed E-state index contributed by atoms with van der Waals surface area (Å²) in [5.74, 6) is -0.616. The number of carbonyl (C=O) groups excluding carboxylic acids is 1. The van der Waals surface area contributed by atoms with Gasteiger partial charge in [-0.2, -0.15) is 0 Å². The van der Waals surface area contributed by atoms with Crippen LogP contribution in [-0.4, -0.2) is 23.2 Å². The zero-order chi connectivity index (χ0) is 14.5. The second-order valence-corrected chi connectivity index (χ2v) is 4.94. The summed E-state index contributed by atoms with van der Waals surface area (Å²) in [4.78, 5) is 23.4. The first-order valence-corrected chi connectivity index (χ1v) is 6.76. The molecule has 0 aliphatic carbocycles. The van der Waals surface area contributed by atoms with Crippen LogP contribution in [0.15, 0.2) is 21.5 Å². The van der Waals surface area contributed by atoms with E-state index in [9.17, 15) is 9.59 Å². The molecule has 0 bridgehead atoms. The number of nitrogens with zero attached hydrogens (tertiary/aromatic N) is 2. The number of amides is 1. The van der Waals surface area contributed by atoms with E-state index in [1.54, 1.807) is 0 Å². The van der Waals surface area contributed by atoms with Crippen molar-refractivity contribution in [1.82, 2.24) is 10.2 Å². The van der Waals surface area contributed by atoms with Crippen LogP contribution in [-0.2, 0) is 6.42 Å². The van der Waals surface area contributed by atoms with Crippen molar-refractivity contribution in [3.05, 3.63) is 33.3 Å². The Morgan fingerprint density at radius 2 is 2.30 bits per heavy atom. The molecular formula is C12H13N3O4S. The number of hydrogen-bond donors (Lipinski definition) is 1. The summed E-state index contributed by atoms with van der Waals surface area (Å²) in [5.41, 5.74) is -0.423. The van der Waals surface area contributed by atoms with Crippen molar-refractivity contribution in [2.75, 3.05) is 12.4 Å². The van der Waals surface area contributed by atoms with Crippen LogP contribution in [0.1, 0.15) is 28.9 Å². The third kappa shape index (κ3) is 3.21. The van der Waals surface area contributed by atoms with Crippen LogP contribution in [0.25, 0.3) is 0 Å². The Morgan fingerprint density at radius 3 is 2.95 bits per heavy atom. The predicted octanol–water partition coefficient (Wildman–Crippen LogP) is 1.70. The summed E-state index contributed by atoms with van der Waals surface area (Å²) in [5, 5.41) is 11.5. The number of hydrogen-bond acceptors (Lipinski definition) is 7. The van der Waals surface area contributed by atoms with Crippen molar-refractivity contribution in [1.29, 1.82) is 0 Å². The highest BCUT2D eigenvalue weighted by atomic mass is 32.1. The van der Waals surface area contributed by atoms with Gasteiger partial charge in [-0.15, -0.1) is 10.2 Å². The largest absolute Gasteiger partial charge is 0.490 e. The number of methoxy groups -OCH3 is 1. The van der Waals surface area contributed by atoms with E-state index in [2.05, 4.69) is 15.5 Å². The second kappa shape index (κ2) is 6.29. The van der Waals surface area contributed by atoms with Gasteiger partial charge in [0.1, 0.15) is 11.3 Å². The first-order chi connectivity index (χ1) is 9.63. The third-order valence-corrected chi connectivity index (χ3v) is 3.29. The Balaban J connectivity index is 2.11. The minimum atomic E-state index is -0.552. The summed E-state index contributed by atoms with van der Waals surface area (Å²) in [6.07, 6.45) is 2.86. The summed E-state index contributed by atoms with van der Waals surface area (Å²) in [6.45, 7) is 2.03. The van der Waals surface area contributed by atoms with Gasteiger partial charge in [0.25, 0.3) is 5.91 Å². The van der Waals surface area contributed by atoms with E-state index in [1.165, 1.54) is 18.4 Å². The highest BCUT2D eigenvalue weighted by Gasteiger charge is 2.14. The number of nitrogens with one attached hydrogen (secondary N) is 1. The van der Waals surface area contributed by atoms with Crippen LogP contribution < -0.4 is 15.5 Å². The van der Waals surface area contributed by atoms with E-state index in [4.69, 9.17) is 9.15 Å². The lowest BCUT2D eigenvalue weighted by molar-refractivity contribution is 0.0993. The molecule has 0 fully saturated rings. The molecule has 8 heteroatoms. The van der Waals surface area contributed by atoms with E-state index in [-0.39, 0.29) is 11.5 Å². The molecule has 1 N–H and O–H groups in total. The van der Waals surface area contributed by atoms with E-state index < -0.39 is 11.3 Å². The summed E-state index contributed by atoms with van der Waals surface area (Å²) >= 11 is 1.29. The smallest absolute Gasteiger partial charge is 0.293 e. The Kier molecular flexibility index (Phi) is 4.46. The van der Waals surface area contributed by atoms with E-state index in [0.29, 0.717) is 5.13 Å². The molecule has 106 valence electrons. The normalized spacial score (nSPS) is 10.3. The predicted molar refractivity (Wildman–Crippen MR) is 73.4 cm³/mol. The molecule has 0 spiro atoms. The molecule has 2 rings (SSSR count). The highest BCUT2D eigenvalue weighted by molar-refractivity contribution is 7.15. The first kappa shape index (κ1) is 14.2. The molecule has 0 saturated heterocycles. The zero-order valence-electron chi connectivity index (χ0n) is 11.0. The topological polar surface area (TPSA) is 94.3 Å². The lowest BCUT2D eigenvalue weighted by Crippen LogP contribution is -2.15. The minimum absolute atomic E-state index is 0.0442. The lowest BCUT2D eigenvalue weighted by atomic mass is 10.3. The van der Waals surface area contributed by atoms with Crippen molar-refractivity contribution in [2.45, 2.75) is 19.8 Å². The maximum atomic E-state index is 11.9. The number of rotatable bonds is 5. The van der Waals surface area contributed by atoms with Gasteiger partial charge < -0.3 is 9.15 Å². The van der Waals surface area contributed by atoms with Crippen LogP contribution in [0.5, 0.6) is 5.75 Å². The number of aryl methyl sites for hydroxylation is 1. The molecule has 7 nitrogen and oxygen atoms in total. The van der Waals surface area contributed by atoms with Gasteiger partial charge in [0.15, 0.2) is 5.76 Å². The average molecular weight is 295 g/mol. The fourth-order valence-electron chi connectivity index (χ4n) is 1.44. The van der Waals surface area contributed by atoms with E-state index in [1.807, 2.05) is 6.92 Å². The molecule has 2 aromatic rings. The fourth-order valence-corrected chi connectivity index (χ4v) is 2.28. The number of anilines is 1. The van der Waals surface area contributed by atoms with Gasteiger partial charge in [-0.3, -0.25) is 14.9 Å². The SMILES string of the molecule is CCCc1nnc(NC(=O)c2cc(=O)c(OC)co2)s1. The van der Waals surface area contributed by atoms with Crippen molar-refractivity contribution in [2.24, 2.45) is 0 Å². The highest BCUT2D eigenvalue weighted by Crippen LogP contribution is 2.17. The van der Waals surface area contributed by atoms with Crippen LogP contribution >= 0.6 is 11.3 Å². The Morgan fingerprint density at radius 1 is 1.50 bits per heavy atom. The Labute approximate surface area is 118 Å². The monoisotopic (exact) mass is 295 g/mol. The van der Waals surface area contributed by atoms with Crippen LogP contribution in [0.3, 0.4) is 0 Å². The molecule has 20 heavy (non-hydrogen) atoms. The Hall–Kier alpha value is -2.22. The van der Waals surface area contributed by atoms with Crippen molar-refractivity contribution in [3.63, 3.8) is 0 Å². The number of ether oxygens (including phenoxy) is 1. The molecule has 2 aromatic heterocycles. The van der Waals surface area contributed by atoms with Gasteiger partial charge in [0, 0.05) is 12.5 Å². The molecule has 0 aromatic carbocycles. The van der Waals surface area contributed by atoms with Gasteiger partial charge in [-0.05, 0) is 6.42 Å². The molecule has 0 atom stereocenters. The molecular weight excluding hydrogens is 282 g/mol. The molecule has 2 heterocycles. The summed E-state index contributed by atoms with van der Waals surface area (Å²) < 4.78 is 9.81. The maximum Gasteiger partial charge on any atom is 0.293 e. The quantitative estimate of drug-likeness (QED) is 0.902. The molecule has 0 saturated carbocycles. The minimum Gasteiger partial charge on any atom is -0.490 e. The first-order valence-electron chi connectivity index (χ1n) is 5.94. The number of aromatic nitrogens is 2. The van der Waals surface area contributed by atoms with E-state index in [0.717, 1.165) is 30.2 Å². The molecule has 0 unspecified atom stereocenters. The molecule has 1 amide bonds. The van der Waals surface area contributed by atoms with Gasteiger partial charge in [0.05, 0.1) is 7.11 Å². The standard InChI is InChI=1S/C12H13N3O4S/c1-3-4-10-14-15-12(20-10)13-11(17)8-5-7(16)9(18-2)6-19-8/h5-6H,3-4H2,1-2H3,(H,13,15,17). The second-order valence-electron chi connectivity index (χ2n) is 3.88. The maximum absolute atomic E-state index is 11.9. The molecule has 0 aliphatic heterocycles.